The lowest BCUT2D eigenvalue weighted by molar-refractivity contribution is 0.468. The van der Waals surface area contributed by atoms with E-state index in [2.05, 4.69) is 12.8 Å². The molecule has 0 aromatic heterocycles. The Kier molecular flexibility index (Phi) is 2.70. The van der Waals surface area contributed by atoms with Gasteiger partial charge in [0.05, 0.1) is 5.57 Å². The molecule has 64 valence electrons. The van der Waals surface area contributed by atoms with Crippen molar-refractivity contribution in [3.05, 3.63) is 23.6 Å². The van der Waals surface area contributed by atoms with Crippen LogP contribution in [-0.2, 0) is 0 Å². The van der Waals surface area contributed by atoms with E-state index in [0.29, 0.717) is 11.5 Å². The molecule has 0 radical (unpaired) electrons. The predicted molar refractivity (Wildman–Crippen MR) is 49.1 cm³/mol. The lowest BCUT2D eigenvalue weighted by Crippen LogP contribution is -2.11. The zero-order valence-corrected chi connectivity index (χ0v) is 7.47. The molecule has 0 heterocycles. The largest absolute Gasteiger partial charge is 0.206 e. The Morgan fingerprint density at radius 2 is 2.25 bits per heavy atom. The summed E-state index contributed by atoms with van der Waals surface area (Å²) in [6.45, 7) is 4.10. The summed E-state index contributed by atoms with van der Waals surface area (Å²) in [5, 5.41) is 0. The molecule has 12 heavy (non-hydrogen) atoms. The summed E-state index contributed by atoms with van der Waals surface area (Å²) >= 11 is 0. The number of terminal acetylenes is 1. The maximum Gasteiger partial charge on any atom is 0.134 e. The summed E-state index contributed by atoms with van der Waals surface area (Å²) in [5.74, 6) is 2.78. The maximum absolute atomic E-state index is 13.1. The third-order valence-electron chi connectivity index (χ3n) is 2.35. The molecule has 0 aromatic rings. The number of halogens is 1. The maximum atomic E-state index is 13.1. The van der Waals surface area contributed by atoms with Crippen molar-refractivity contribution in [2.75, 3.05) is 0 Å². The van der Waals surface area contributed by atoms with Crippen molar-refractivity contribution in [2.24, 2.45) is 11.8 Å². The molecule has 0 amide bonds. The zero-order chi connectivity index (χ0) is 9.14. The van der Waals surface area contributed by atoms with E-state index in [0.717, 1.165) is 6.42 Å². The van der Waals surface area contributed by atoms with Gasteiger partial charge in [-0.15, -0.1) is 6.42 Å². The zero-order valence-electron chi connectivity index (χ0n) is 7.47. The molecule has 0 nitrogen and oxygen atoms in total. The molecule has 2 atom stereocenters. The highest BCUT2D eigenvalue weighted by atomic mass is 19.1. The van der Waals surface area contributed by atoms with E-state index in [4.69, 9.17) is 6.42 Å². The average Bonchev–Trinajstić information content (AvgIpc) is 2.05. The van der Waals surface area contributed by atoms with Gasteiger partial charge in [0.15, 0.2) is 0 Å². The highest BCUT2D eigenvalue weighted by Crippen LogP contribution is 2.29. The Hall–Kier alpha value is -1.03. The Balaban J connectivity index is 2.91. The number of allylic oxidation sites excluding steroid dienone is 4. The monoisotopic (exact) mass is 164 g/mol. The summed E-state index contributed by atoms with van der Waals surface area (Å²) in [7, 11) is 0. The third-order valence-corrected chi connectivity index (χ3v) is 2.35. The summed E-state index contributed by atoms with van der Waals surface area (Å²) in [6, 6.07) is 0. The lowest BCUT2D eigenvalue weighted by atomic mass is 9.85. The fourth-order valence-electron chi connectivity index (χ4n) is 1.50. The average molecular weight is 164 g/mol. The lowest BCUT2D eigenvalue weighted by Gasteiger charge is -2.20. The Labute approximate surface area is 73.2 Å². The van der Waals surface area contributed by atoms with E-state index in [1.807, 2.05) is 13.0 Å². The van der Waals surface area contributed by atoms with Crippen molar-refractivity contribution < 1.29 is 4.39 Å². The molecule has 0 fully saturated rings. The number of hydrogen-bond acceptors (Lipinski definition) is 0. The smallest absolute Gasteiger partial charge is 0.134 e. The highest BCUT2D eigenvalue weighted by molar-refractivity contribution is 5.43. The molecule has 0 N–H and O–H groups in total. The van der Waals surface area contributed by atoms with E-state index in [1.54, 1.807) is 6.08 Å². The number of hydrogen-bond donors (Lipinski definition) is 0. The minimum Gasteiger partial charge on any atom is -0.206 e. The van der Waals surface area contributed by atoms with E-state index in [-0.39, 0.29) is 11.7 Å². The standard InChI is InChI=1S/C11H13F/c1-4-9-7-10(5-2)11(12)6-8(9)3/h2,6-9H,4H2,1,3H3. The second-order valence-corrected chi connectivity index (χ2v) is 3.17. The van der Waals surface area contributed by atoms with Crippen LogP contribution in [0.4, 0.5) is 4.39 Å². The van der Waals surface area contributed by atoms with E-state index < -0.39 is 0 Å². The minimum absolute atomic E-state index is 0.241. The van der Waals surface area contributed by atoms with Crippen LogP contribution in [0.3, 0.4) is 0 Å². The van der Waals surface area contributed by atoms with Crippen LogP contribution in [0.5, 0.6) is 0 Å². The van der Waals surface area contributed by atoms with Crippen LogP contribution in [0, 0.1) is 24.2 Å². The summed E-state index contributed by atoms with van der Waals surface area (Å²) in [4.78, 5) is 0. The van der Waals surface area contributed by atoms with Gasteiger partial charge in [-0.25, -0.2) is 4.39 Å². The van der Waals surface area contributed by atoms with Gasteiger partial charge in [-0.05, 0) is 24.3 Å². The molecule has 1 aliphatic carbocycles. The van der Waals surface area contributed by atoms with Gasteiger partial charge in [-0.2, -0.15) is 0 Å². The fourth-order valence-corrected chi connectivity index (χ4v) is 1.50. The third kappa shape index (κ3) is 1.58. The molecule has 0 saturated carbocycles. The summed E-state index contributed by atoms with van der Waals surface area (Å²) in [5.41, 5.74) is 0.417. The van der Waals surface area contributed by atoms with Gasteiger partial charge in [0.25, 0.3) is 0 Å². The first kappa shape index (κ1) is 9.06. The Bertz CT molecular complexity index is 265. The van der Waals surface area contributed by atoms with Crippen LogP contribution in [0.2, 0.25) is 0 Å². The van der Waals surface area contributed by atoms with Gasteiger partial charge in [-0.1, -0.05) is 25.8 Å². The van der Waals surface area contributed by atoms with E-state index in [1.165, 1.54) is 0 Å². The first-order valence-corrected chi connectivity index (χ1v) is 4.25. The minimum atomic E-state index is -0.241. The van der Waals surface area contributed by atoms with Gasteiger partial charge >= 0.3 is 0 Å². The van der Waals surface area contributed by atoms with Crippen LogP contribution in [0.1, 0.15) is 20.3 Å². The van der Waals surface area contributed by atoms with Gasteiger partial charge in [0, 0.05) is 0 Å². The van der Waals surface area contributed by atoms with Crippen molar-refractivity contribution >= 4 is 0 Å². The van der Waals surface area contributed by atoms with Gasteiger partial charge in [-0.3, -0.25) is 0 Å². The summed E-state index contributed by atoms with van der Waals surface area (Å²) < 4.78 is 13.1. The van der Waals surface area contributed by atoms with Crippen molar-refractivity contribution in [2.45, 2.75) is 20.3 Å². The predicted octanol–water partition coefficient (Wildman–Crippen LogP) is 3.08. The van der Waals surface area contributed by atoms with E-state index >= 15 is 0 Å². The fraction of sp³-hybridized carbons (Fsp3) is 0.455. The Morgan fingerprint density at radius 1 is 1.58 bits per heavy atom. The molecule has 1 rings (SSSR count). The van der Waals surface area contributed by atoms with Gasteiger partial charge < -0.3 is 0 Å². The molecule has 0 aromatic carbocycles. The van der Waals surface area contributed by atoms with Gasteiger partial charge in [0.1, 0.15) is 5.83 Å². The van der Waals surface area contributed by atoms with Crippen LogP contribution in [0.25, 0.3) is 0 Å². The van der Waals surface area contributed by atoms with Crippen LogP contribution in [0.15, 0.2) is 23.6 Å². The molecule has 0 aliphatic heterocycles. The molecule has 0 spiro atoms. The van der Waals surface area contributed by atoms with Crippen LogP contribution >= 0.6 is 0 Å². The van der Waals surface area contributed by atoms with E-state index in [9.17, 15) is 4.39 Å². The first-order valence-electron chi connectivity index (χ1n) is 4.25. The second kappa shape index (κ2) is 3.58. The molecular formula is C11H13F. The topological polar surface area (TPSA) is 0 Å². The van der Waals surface area contributed by atoms with Crippen LogP contribution < -0.4 is 0 Å². The molecule has 1 aliphatic rings. The van der Waals surface area contributed by atoms with Crippen molar-refractivity contribution in [3.8, 4) is 12.3 Å². The van der Waals surface area contributed by atoms with Crippen LogP contribution in [-0.4, -0.2) is 0 Å². The molecule has 0 saturated heterocycles. The Morgan fingerprint density at radius 3 is 2.75 bits per heavy atom. The normalized spacial score (nSPS) is 28.8. The van der Waals surface area contributed by atoms with Crippen molar-refractivity contribution in [3.63, 3.8) is 0 Å². The molecule has 2 unspecified atom stereocenters. The highest BCUT2D eigenvalue weighted by Gasteiger charge is 2.19. The molecule has 0 bridgehead atoms. The molecule has 1 heteroatoms. The first-order chi connectivity index (χ1) is 5.69. The summed E-state index contributed by atoms with van der Waals surface area (Å²) in [6.07, 6.45) is 9.64. The van der Waals surface area contributed by atoms with Crippen molar-refractivity contribution in [1.29, 1.82) is 0 Å². The van der Waals surface area contributed by atoms with Gasteiger partial charge in [0.2, 0.25) is 0 Å². The quantitative estimate of drug-likeness (QED) is 0.522. The SMILES string of the molecule is C#CC1=CC(CC)C(C)C=C1F. The molecular weight excluding hydrogens is 151 g/mol. The number of rotatable bonds is 1. The second-order valence-electron chi connectivity index (χ2n) is 3.17. The van der Waals surface area contributed by atoms with Crippen molar-refractivity contribution in [1.82, 2.24) is 0 Å².